The van der Waals surface area contributed by atoms with Crippen LogP contribution in [0, 0.1) is 0 Å². The molecular weight excluding hydrogens is 190 g/mol. The second-order valence-electron chi connectivity index (χ2n) is 4.35. The lowest BCUT2D eigenvalue weighted by Gasteiger charge is -2.30. The molecule has 0 aliphatic carbocycles. The van der Waals surface area contributed by atoms with Crippen molar-refractivity contribution in [3.05, 3.63) is 12.0 Å². The number of rotatable bonds is 2. The summed E-state index contributed by atoms with van der Waals surface area (Å²) in [7, 11) is 1.70. The zero-order valence-corrected chi connectivity index (χ0v) is 9.58. The van der Waals surface area contributed by atoms with Gasteiger partial charge in [-0.3, -0.25) is 0 Å². The maximum Gasteiger partial charge on any atom is 0.199 e. The number of likely N-dealkylation sites (tertiary alicyclic amines) is 1. The Labute approximate surface area is 92.0 Å². The first-order chi connectivity index (χ1) is 7.40. The van der Waals surface area contributed by atoms with Crippen molar-refractivity contribution in [3.8, 4) is 0 Å². The molecule has 0 spiro atoms. The molecule has 15 heavy (non-hydrogen) atoms. The highest BCUT2D eigenvalue weighted by Crippen LogP contribution is 2.23. The van der Waals surface area contributed by atoms with Gasteiger partial charge in [0.15, 0.2) is 6.29 Å². The Balaban J connectivity index is 1.89. The molecule has 0 aromatic rings. The third-order valence-corrected chi connectivity index (χ3v) is 3.27. The van der Waals surface area contributed by atoms with Crippen LogP contribution in [-0.4, -0.2) is 31.4 Å². The van der Waals surface area contributed by atoms with Gasteiger partial charge in [0, 0.05) is 32.3 Å². The van der Waals surface area contributed by atoms with Gasteiger partial charge in [0.25, 0.3) is 0 Å². The van der Waals surface area contributed by atoms with Crippen molar-refractivity contribution in [2.75, 3.05) is 20.2 Å². The quantitative estimate of drug-likeness (QED) is 0.700. The molecule has 0 bridgehead atoms. The average Bonchev–Trinajstić information content (AvgIpc) is 2.58. The van der Waals surface area contributed by atoms with Crippen molar-refractivity contribution < 1.29 is 9.47 Å². The van der Waals surface area contributed by atoms with Gasteiger partial charge in [0.2, 0.25) is 0 Å². The first kappa shape index (κ1) is 10.8. The predicted octanol–water partition coefficient (Wildman–Crippen LogP) is 2.49. The third-order valence-electron chi connectivity index (χ3n) is 3.27. The molecule has 3 nitrogen and oxygen atoms in total. The minimum atomic E-state index is -0.0271. The van der Waals surface area contributed by atoms with Crippen LogP contribution in [0.3, 0.4) is 0 Å². The van der Waals surface area contributed by atoms with Gasteiger partial charge < -0.3 is 14.4 Å². The monoisotopic (exact) mass is 211 g/mol. The molecule has 2 rings (SSSR count). The maximum atomic E-state index is 5.51. The molecule has 0 N–H and O–H groups in total. The zero-order chi connectivity index (χ0) is 10.5. The molecule has 2 aliphatic heterocycles. The fourth-order valence-corrected chi connectivity index (χ4v) is 2.31. The van der Waals surface area contributed by atoms with E-state index >= 15 is 0 Å². The summed E-state index contributed by atoms with van der Waals surface area (Å²) >= 11 is 0. The topological polar surface area (TPSA) is 21.7 Å². The van der Waals surface area contributed by atoms with E-state index in [9.17, 15) is 0 Å². The number of hydrogen-bond acceptors (Lipinski definition) is 3. The van der Waals surface area contributed by atoms with Crippen molar-refractivity contribution in [2.45, 2.75) is 44.8 Å². The Hall–Kier alpha value is -0.700. The van der Waals surface area contributed by atoms with E-state index in [0.29, 0.717) is 0 Å². The van der Waals surface area contributed by atoms with Crippen LogP contribution in [0.2, 0.25) is 0 Å². The Morgan fingerprint density at radius 1 is 1.27 bits per heavy atom. The maximum absolute atomic E-state index is 5.51. The van der Waals surface area contributed by atoms with Gasteiger partial charge in [0.1, 0.15) is 6.26 Å². The van der Waals surface area contributed by atoms with Gasteiger partial charge in [-0.15, -0.1) is 0 Å². The van der Waals surface area contributed by atoms with Crippen molar-refractivity contribution in [1.29, 1.82) is 0 Å². The summed E-state index contributed by atoms with van der Waals surface area (Å²) < 4.78 is 10.7. The van der Waals surface area contributed by atoms with Crippen LogP contribution in [-0.2, 0) is 9.47 Å². The van der Waals surface area contributed by atoms with E-state index in [4.69, 9.17) is 9.47 Å². The van der Waals surface area contributed by atoms with E-state index in [-0.39, 0.29) is 6.29 Å². The zero-order valence-electron chi connectivity index (χ0n) is 9.58. The summed E-state index contributed by atoms with van der Waals surface area (Å²) in [6.45, 7) is 2.40. The molecule has 1 unspecified atom stereocenters. The lowest BCUT2D eigenvalue weighted by atomic mass is 10.2. The smallest absolute Gasteiger partial charge is 0.199 e. The van der Waals surface area contributed by atoms with E-state index in [1.54, 1.807) is 7.11 Å². The molecule has 86 valence electrons. The highest BCUT2D eigenvalue weighted by Gasteiger charge is 2.19. The molecule has 0 aromatic carbocycles. The predicted molar refractivity (Wildman–Crippen MR) is 59.2 cm³/mol. The molecule has 0 amide bonds. The van der Waals surface area contributed by atoms with E-state index in [2.05, 4.69) is 4.90 Å². The molecule has 2 aliphatic rings. The highest BCUT2D eigenvalue weighted by atomic mass is 16.7. The normalized spacial score (nSPS) is 27.9. The Bertz CT molecular complexity index is 220. The summed E-state index contributed by atoms with van der Waals surface area (Å²) in [6.07, 6.45) is 9.37. The van der Waals surface area contributed by atoms with Gasteiger partial charge in [-0.05, 0) is 19.3 Å². The Morgan fingerprint density at radius 2 is 2.00 bits per heavy atom. The molecular formula is C12H21NO2. The molecule has 1 atom stereocenters. The van der Waals surface area contributed by atoms with Gasteiger partial charge in [0.05, 0.1) is 0 Å². The first-order valence-electron chi connectivity index (χ1n) is 6.02. The number of nitrogens with zero attached hydrogens (tertiary/aromatic N) is 1. The molecule has 0 aromatic heterocycles. The fourth-order valence-electron chi connectivity index (χ4n) is 2.31. The number of allylic oxidation sites excluding steroid dienone is 1. The first-order valence-corrected chi connectivity index (χ1v) is 6.02. The number of methoxy groups -OCH3 is 1. The lowest BCUT2D eigenvalue weighted by molar-refractivity contribution is -0.0971. The molecule has 3 heteroatoms. The van der Waals surface area contributed by atoms with Gasteiger partial charge >= 0.3 is 0 Å². The summed E-state index contributed by atoms with van der Waals surface area (Å²) in [5, 5.41) is 0. The SMILES string of the molecule is COC1CCC(N2CCCCCC2)=CO1. The van der Waals surface area contributed by atoms with Crippen LogP contribution in [0.1, 0.15) is 38.5 Å². The van der Waals surface area contributed by atoms with Crippen molar-refractivity contribution in [2.24, 2.45) is 0 Å². The largest absolute Gasteiger partial charge is 0.471 e. The molecule has 1 fully saturated rings. The summed E-state index contributed by atoms with van der Waals surface area (Å²) in [5.41, 5.74) is 1.37. The summed E-state index contributed by atoms with van der Waals surface area (Å²) in [4.78, 5) is 2.48. The summed E-state index contributed by atoms with van der Waals surface area (Å²) in [5.74, 6) is 0. The minimum absolute atomic E-state index is 0.0271. The molecule has 2 heterocycles. The number of ether oxygens (including phenoxy) is 2. The van der Waals surface area contributed by atoms with Crippen molar-refractivity contribution in [1.82, 2.24) is 4.90 Å². The fraction of sp³-hybridized carbons (Fsp3) is 0.833. The van der Waals surface area contributed by atoms with Crippen molar-refractivity contribution >= 4 is 0 Å². The van der Waals surface area contributed by atoms with E-state index in [1.165, 1.54) is 44.5 Å². The van der Waals surface area contributed by atoms with Gasteiger partial charge in [-0.25, -0.2) is 0 Å². The van der Waals surface area contributed by atoms with E-state index in [1.807, 2.05) is 6.26 Å². The minimum Gasteiger partial charge on any atom is -0.471 e. The van der Waals surface area contributed by atoms with Crippen LogP contribution >= 0.6 is 0 Å². The molecule has 0 radical (unpaired) electrons. The van der Waals surface area contributed by atoms with Gasteiger partial charge in [-0.2, -0.15) is 0 Å². The lowest BCUT2D eigenvalue weighted by Crippen LogP contribution is -2.28. The van der Waals surface area contributed by atoms with Crippen LogP contribution in [0.15, 0.2) is 12.0 Å². The number of hydrogen-bond donors (Lipinski definition) is 0. The Kier molecular flexibility index (Phi) is 3.89. The second-order valence-corrected chi connectivity index (χ2v) is 4.35. The standard InChI is InChI=1S/C12H21NO2/c1-14-12-7-6-11(10-15-12)13-8-4-2-3-5-9-13/h10,12H,2-9H2,1H3. The van der Waals surface area contributed by atoms with E-state index < -0.39 is 0 Å². The van der Waals surface area contributed by atoms with Crippen molar-refractivity contribution in [3.63, 3.8) is 0 Å². The van der Waals surface area contributed by atoms with Crippen LogP contribution < -0.4 is 0 Å². The average molecular weight is 211 g/mol. The second kappa shape index (κ2) is 5.40. The Morgan fingerprint density at radius 3 is 2.53 bits per heavy atom. The summed E-state index contributed by atoms with van der Waals surface area (Å²) in [6, 6.07) is 0. The van der Waals surface area contributed by atoms with Crippen LogP contribution in [0.4, 0.5) is 0 Å². The molecule has 0 saturated carbocycles. The van der Waals surface area contributed by atoms with Crippen LogP contribution in [0.25, 0.3) is 0 Å². The van der Waals surface area contributed by atoms with Crippen LogP contribution in [0.5, 0.6) is 0 Å². The van der Waals surface area contributed by atoms with E-state index in [0.717, 1.165) is 12.8 Å². The van der Waals surface area contributed by atoms with Gasteiger partial charge in [-0.1, -0.05) is 12.8 Å². The highest BCUT2D eigenvalue weighted by molar-refractivity contribution is 5.00. The molecule has 1 saturated heterocycles. The third kappa shape index (κ3) is 2.88.